The van der Waals surface area contributed by atoms with Crippen molar-refractivity contribution in [3.8, 4) is 5.75 Å². The molecule has 2 bridgehead atoms. The first-order valence-electron chi connectivity index (χ1n) is 6.19. The van der Waals surface area contributed by atoms with E-state index < -0.39 is 0 Å². The number of benzene rings is 1. The van der Waals surface area contributed by atoms with Crippen LogP contribution in [0.1, 0.15) is 25.7 Å². The summed E-state index contributed by atoms with van der Waals surface area (Å²) in [6, 6.07) is 4.68. The summed E-state index contributed by atoms with van der Waals surface area (Å²) in [5.41, 5.74) is 0. The van der Waals surface area contributed by atoms with Crippen molar-refractivity contribution in [2.24, 2.45) is 0 Å². The van der Waals surface area contributed by atoms with Crippen LogP contribution in [0.3, 0.4) is 0 Å². The van der Waals surface area contributed by atoms with E-state index in [1.807, 2.05) is 0 Å². The lowest BCUT2D eigenvalue weighted by Crippen LogP contribution is -2.42. The van der Waals surface area contributed by atoms with Gasteiger partial charge in [-0.25, -0.2) is 0 Å². The Morgan fingerprint density at radius 1 is 1.00 bits per heavy atom. The number of fused-ring (bicyclic) bond motifs is 2. The predicted octanol–water partition coefficient (Wildman–Crippen LogP) is 4.31. The van der Waals surface area contributed by atoms with Gasteiger partial charge in [0.25, 0.3) is 0 Å². The van der Waals surface area contributed by atoms with E-state index >= 15 is 0 Å². The smallest absolute Gasteiger partial charge is 0.122 e. The van der Waals surface area contributed by atoms with Crippen molar-refractivity contribution >= 4 is 34.8 Å². The minimum atomic E-state index is 0.247. The summed E-state index contributed by atoms with van der Waals surface area (Å²) in [7, 11) is 0. The first-order chi connectivity index (χ1) is 8.61. The first kappa shape index (κ1) is 12.9. The van der Waals surface area contributed by atoms with Gasteiger partial charge in [0.05, 0.1) is 15.1 Å². The minimum Gasteiger partial charge on any atom is -0.490 e. The lowest BCUT2D eigenvalue weighted by molar-refractivity contribution is 0.137. The third kappa shape index (κ3) is 2.57. The van der Waals surface area contributed by atoms with Crippen LogP contribution in [-0.2, 0) is 0 Å². The SMILES string of the molecule is Clc1cc(OC2CC3CCC(C2)N3)cc(Cl)c1Cl. The Morgan fingerprint density at radius 3 is 2.11 bits per heavy atom. The molecular formula is C13H14Cl3NO. The van der Waals surface area contributed by atoms with Crippen molar-refractivity contribution in [3.63, 3.8) is 0 Å². The zero-order valence-electron chi connectivity index (χ0n) is 9.76. The lowest BCUT2D eigenvalue weighted by atomic mass is 10.0. The van der Waals surface area contributed by atoms with Crippen LogP contribution in [0.15, 0.2) is 12.1 Å². The molecule has 0 amide bonds. The summed E-state index contributed by atoms with van der Waals surface area (Å²) in [5, 5.41) is 4.85. The van der Waals surface area contributed by atoms with Gasteiger partial charge in [-0.15, -0.1) is 0 Å². The van der Waals surface area contributed by atoms with Crippen LogP contribution < -0.4 is 10.1 Å². The fraction of sp³-hybridized carbons (Fsp3) is 0.538. The molecule has 2 aliphatic rings. The van der Waals surface area contributed by atoms with Gasteiger partial charge < -0.3 is 10.1 Å². The van der Waals surface area contributed by atoms with E-state index in [-0.39, 0.29) is 6.10 Å². The maximum absolute atomic E-state index is 6.00. The molecule has 5 heteroatoms. The molecule has 1 aromatic rings. The predicted molar refractivity (Wildman–Crippen MR) is 75.1 cm³/mol. The van der Waals surface area contributed by atoms with Crippen LogP contribution in [-0.4, -0.2) is 18.2 Å². The Hall–Kier alpha value is -0.150. The summed E-state index contributed by atoms with van der Waals surface area (Å²) < 4.78 is 5.99. The quantitative estimate of drug-likeness (QED) is 0.822. The van der Waals surface area contributed by atoms with Crippen molar-refractivity contribution < 1.29 is 4.74 Å². The molecule has 0 aromatic heterocycles. The van der Waals surface area contributed by atoms with E-state index in [0.29, 0.717) is 32.9 Å². The summed E-state index contributed by atoms with van der Waals surface area (Å²) in [6.45, 7) is 0. The summed E-state index contributed by atoms with van der Waals surface area (Å²) in [6.07, 6.45) is 4.86. The third-order valence-corrected chi connectivity index (χ3v) is 4.89. The number of hydrogen-bond donors (Lipinski definition) is 1. The van der Waals surface area contributed by atoms with Crippen LogP contribution in [0.4, 0.5) is 0 Å². The lowest BCUT2D eigenvalue weighted by Gasteiger charge is -2.29. The van der Waals surface area contributed by atoms with Crippen molar-refractivity contribution in [2.75, 3.05) is 0 Å². The molecule has 3 rings (SSSR count). The molecule has 2 atom stereocenters. The molecule has 2 fully saturated rings. The van der Waals surface area contributed by atoms with Gasteiger partial charge in [-0.05, 0) is 25.7 Å². The van der Waals surface area contributed by atoms with Gasteiger partial charge in [-0.3, -0.25) is 0 Å². The first-order valence-corrected chi connectivity index (χ1v) is 7.32. The van der Waals surface area contributed by atoms with Crippen molar-refractivity contribution in [1.82, 2.24) is 5.32 Å². The largest absolute Gasteiger partial charge is 0.490 e. The van der Waals surface area contributed by atoms with Crippen LogP contribution >= 0.6 is 34.8 Å². The van der Waals surface area contributed by atoms with Gasteiger partial charge in [0.15, 0.2) is 0 Å². The zero-order chi connectivity index (χ0) is 12.7. The van der Waals surface area contributed by atoms with Gasteiger partial charge in [-0.2, -0.15) is 0 Å². The number of ether oxygens (including phenoxy) is 1. The van der Waals surface area contributed by atoms with Crippen molar-refractivity contribution in [3.05, 3.63) is 27.2 Å². The van der Waals surface area contributed by atoms with E-state index in [2.05, 4.69) is 5.32 Å². The number of piperidine rings is 1. The molecule has 98 valence electrons. The van der Waals surface area contributed by atoms with Crippen LogP contribution in [0.5, 0.6) is 5.75 Å². The second kappa shape index (κ2) is 5.09. The number of halogens is 3. The molecule has 18 heavy (non-hydrogen) atoms. The Bertz CT molecular complexity index is 431. The topological polar surface area (TPSA) is 21.3 Å². The summed E-state index contributed by atoms with van der Waals surface area (Å²) in [4.78, 5) is 0. The highest BCUT2D eigenvalue weighted by Crippen LogP contribution is 2.36. The molecule has 0 aliphatic carbocycles. The molecular weight excluding hydrogens is 293 g/mol. The van der Waals surface area contributed by atoms with E-state index in [0.717, 1.165) is 12.8 Å². The number of nitrogens with one attached hydrogen (secondary N) is 1. The Labute approximate surface area is 122 Å². The molecule has 2 aliphatic heterocycles. The monoisotopic (exact) mass is 305 g/mol. The average molecular weight is 307 g/mol. The summed E-state index contributed by atoms with van der Waals surface area (Å²) in [5.74, 6) is 0.709. The molecule has 2 nitrogen and oxygen atoms in total. The second-order valence-corrected chi connectivity index (χ2v) is 6.24. The number of hydrogen-bond acceptors (Lipinski definition) is 2. The Balaban J connectivity index is 1.73. The Morgan fingerprint density at radius 2 is 1.56 bits per heavy atom. The Kier molecular flexibility index (Phi) is 3.63. The molecule has 2 unspecified atom stereocenters. The maximum Gasteiger partial charge on any atom is 0.122 e. The van der Waals surface area contributed by atoms with E-state index in [4.69, 9.17) is 39.5 Å². The maximum atomic E-state index is 6.00. The fourth-order valence-corrected chi connectivity index (χ4v) is 3.47. The molecule has 0 spiro atoms. The second-order valence-electron chi connectivity index (χ2n) is 5.05. The molecule has 0 saturated carbocycles. The van der Waals surface area contributed by atoms with Crippen LogP contribution in [0.25, 0.3) is 0 Å². The fourth-order valence-electron chi connectivity index (χ4n) is 2.89. The summed E-state index contributed by atoms with van der Waals surface area (Å²) >= 11 is 17.9. The van der Waals surface area contributed by atoms with E-state index in [9.17, 15) is 0 Å². The molecule has 1 aromatic carbocycles. The van der Waals surface area contributed by atoms with Crippen LogP contribution in [0, 0.1) is 0 Å². The van der Waals surface area contributed by atoms with Gasteiger partial charge in [0.2, 0.25) is 0 Å². The van der Waals surface area contributed by atoms with Crippen molar-refractivity contribution in [2.45, 2.75) is 43.9 Å². The molecule has 2 saturated heterocycles. The normalized spacial score (nSPS) is 30.5. The van der Waals surface area contributed by atoms with Gasteiger partial charge in [0.1, 0.15) is 11.9 Å². The highest BCUT2D eigenvalue weighted by molar-refractivity contribution is 6.48. The highest BCUT2D eigenvalue weighted by atomic mass is 35.5. The average Bonchev–Trinajstić information content (AvgIpc) is 2.66. The number of rotatable bonds is 2. The van der Waals surface area contributed by atoms with Gasteiger partial charge in [-0.1, -0.05) is 34.8 Å². The van der Waals surface area contributed by atoms with Crippen LogP contribution in [0.2, 0.25) is 15.1 Å². The standard InChI is InChI=1S/C13H14Cl3NO/c14-11-5-10(6-12(15)13(11)16)18-9-3-7-1-2-8(4-9)17-7/h5-9,17H,1-4H2. The minimum absolute atomic E-state index is 0.247. The zero-order valence-corrected chi connectivity index (χ0v) is 12.0. The molecule has 2 heterocycles. The third-order valence-electron chi connectivity index (χ3n) is 3.69. The van der Waals surface area contributed by atoms with Crippen molar-refractivity contribution in [1.29, 1.82) is 0 Å². The molecule has 1 N–H and O–H groups in total. The van der Waals surface area contributed by atoms with Gasteiger partial charge >= 0.3 is 0 Å². The molecule has 0 radical (unpaired) electrons. The van der Waals surface area contributed by atoms with Gasteiger partial charge in [0, 0.05) is 24.2 Å². The highest BCUT2D eigenvalue weighted by Gasteiger charge is 2.34. The van der Waals surface area contributed by atoms with E-state index in [1.54, 1.807) is 12.1 Å². The van der Waals surface area contributed by atoms with E-state index in [1.165, 1.54) is 12.8 Å².